The molecule has 2 rings (SSSR count). The van der Waals surface area contributed by atoms with Gasteiger partial charge in [0.15, 0.2) is 9.84 Å². The number of sulfone groups is 1. The zero-order valence-corrected chi connectivity index (χ0v) is 12.6. The van der Waals surface area contributed by atoms with Gasteiger partial charge in [0.2, 0.25) is 0 Å². The number of hydrogen-bond donors (Lipinski definition) is 1. The molecule has 0 aliphatic carbocycles. The van der Waals surface area contributed by atoms with Crippen LogP contribution >= 0.6 is 11.3 Å². The van der Waals surface area contributed by atoms with Gasteiger partial charge in [-0.1, -0.05) is 6.92 Å². The second kappa shape index (κ2) is 5.75. The molecule has 0 saturated carbocycles. The molecule has 0 bridgehead atoms. The van der Waals surface area contributed by atoms with Crippen LogP contribution in [-0.2, 0) is 16.4 Å². The second-order valence-corrected chi connectivity index (χ2v) is 7.59. The quantitative estimate of drug-likeness (QED) is 0.919. The fraction of sp³-hybridized carbons (Fsp3) is 0.286. The van der Waals surface area contributed by atoms with Gasteiger partial charge in [-0.3, -0.25) is 0 Å². The molecule has 1 heterocycles. The number of nitrogens with one attached hydrogen (secondary N) is 1. The van der Waals surface area contributed by atoms with Crippen molar-refractivity contribution in [2.45, 2.75) is 25.3 Å². The van der Waals surface area contributed by atoms with Crippen LogP contribution in [0.5, 0.6) is 0 Å². The molecule has 102 valence electrons. The first kappa shape index (κ1) is 14.1. The van der Waals surface area contributed by atoms with Crippen molar-refractivity contribution in [1.29, 1.82) is 0 Å². The molecule has 0 spiro atoms. The number of thiophene rings is 1. The van der Waals surface area contributed by atoms with Gasteiger partial charge in [0.25, 0.3) is 0 Å². The maximum absolute atomic E-state index is 11.7. The first-order valence-electron chi connectivity index (χ1n) is 6.12. The molecule has 0 atom stereocenters. The van der Waals surface area contributed by atoms with Crippen LogP contribution in [0.15, 0.2) is 40.6 Å². The number of benzene rings is 1. The van der Waals surface area contributed by atoms with Crippen LogP contribution in [0.2, 0.25) is 0 Å². The van der Waals surface area contributed by atoms with Crippen LogP contribution in [0.3, 0.4) is 0 Å². The molecule has 5 heteroatoms. The smallest absolute Gasteiger partial charge is 0.178 e. The summed E-state index contributed by atoms with van der Waals surface area (Å²) in [7, 11) is -3.11. The SMILES string of the molecule is CCS(=O)(=O)c1ccc(NCc2sccc2C)cc1. The summed E-state index contributed by atoms with van der Waals surface area (Å²) in [4.78, 5) is 1.68. The molecule has 0 unspecified atom stereocenters. The molecule has 2 aromatic rings. The Morgan fingerprint density at radius 2 is 1.84 bits per heavy atom. The Hall–Kier alpha value is -1.33. The summed E-state index contributed by atoms with van der Waals surface area (Å²) in [5.41, 5.74) is 2.21. The Bertz CT molecular complexity index is 642. The van der Waals surface area contributed by atoms with E-state index < -0.39 is 9.84 Å². The lowest BCUT2D eigenvalue weighted by Gasteiger charge is -2.07. The zero-order chi connectivity index (χ0) is 13.9. The Kier molecular flexibility index (Phi) is 4.27. The largest absolute Gasteiger partial charge is 0.380 e. The van der Waals surface area contributed by atoms with Crippen molar-refractivity contribution in [2.24, 2.45) is 0 Å². The van der Waals surface area contributed by atoms with Gasteiger partial charge < -0.3 is 5.32 Å². The predicted molar refractivity (Wildman–Crippen MR) is 80.6 cm³/mol. The Balaban J connectivity index is 2.06. The zero-order valence-electron chi connectivity index (χ0n) is 11.0. The molecule has 0 fully saturated rings. The lowest BCUT2D eigenvalue weighted by atomic mass is 10.2. The number of anilines is 1. The van der Waals surface area contributed by atoms with Crippen LogP contribution in [-0.4, -0.2) is 14.2 Å². The van der Waals surface area contributed by atoms with Crippen molar-refractivity contribution in [2.75, 3.05) is 11.1 Å². The van der Waals surface area contributed by atoms with E-state index in [0.29, 0.717) is 4.90 Å². The van der Waals surface area contributed by atoms with Gasteiger partial charge in [0.05, 0.1) is 10.6 Å². The van der Waals surface area contributed by atoms with E-state index in [1.54, 1.807) is 30.4 Å². The normalized spacial score (nSPS) is 11.5. The molecule has 0 radical (unpaired) electrons. The Labute approximate surface area is 118 Å². The maximum Gasteiger partial charge on any atom is 0.178 e. The van der Waals surface area contributed by atoms with Crippen molar-refractivity contribution in [3.63, 3.8) is 0 Å². The minimum Gasteiger partial charge on any atom is -0.380 e. The van der Waals surface area contributed by atoms with Crippen LogP contribution in [0, 0.1) is 6.92 Å². The third-order valence-corrected chi connectivity index (χ3v) is 5.79. The average molecular weight is 295 g/mol. The minimum absolute atomic E-state index is 0.133. The number of aryl methyl sites for hydroxylation is 1. The highest BCUT2D eigenvalue weighted by Gasteiger charge is 2.10. The summed E-state index contributed by atoms with van der Waals surface area (Å²) in [6.07, 6.45) is 0. The fourth-order valence-corrected chi connectivity index (χ4v) is 3.44. The molecule has 1 N–H and O–H groups in total. The molecule has 0 aliphatic heterocycles. The van der Waals surface area contributed by atoms with Gasteiger partial charge >= 0.3 is 0 Å². The number of rotatable bonds is 5. The highest BCUT2D eigenvalue weighted by molar-refractivity contribution is 7.91. The fourth-order valence-electron chi connectivity index (χ4n) is 1.71. The van der Waals surface area contributed by atoms with Crippen molar-refractivity contribution >= 4 is 26.9 Å². The van der Waals surface area contributed by atoms with E-state index in [9.17, 15) is 8.42 Å². The third-order valence-electron chi connectivity index (χ3n) is 3.01. The summed E-state index contributed by atoms with van der Waals surface area (Å²) in [5.74, 6) is 0.133. The molecule has 19 heavy (non-hydrogen) atoms. The van der Waals surface area contributed by atoms with Crippen LogP contribution in [0.25, 0.3) is 0 Å². The van der Waals surface area contributed by atoms with Gasteiger partial charge in [-0.25, -0.2) is 8.42 Å². The van der Waals surface area contributed by atoms with Gasteiger partial charge in [-0.15, -0.1) is 11.3 Å². The van der Waals surface area contributed by atoms with Crippen molar-refractivity contribution in [3.05, 3.63) is 46.2 Å². The highest BCUT2D eigenvalue weighted by Crippen LogP contribution is 2.19. The van der Waals surface area contributed by atoms with Gasteiger partial charge in [-0.05, 0) is 48.2 Å². The van der Waals surface area contributed by atoms with Crippen molar-refractivity contribution in [1.82, 2.24) is 0 Å². The first-order chi connectivity index (χ1) is 9.03. The van der Waals surface area contributed by atoms with Crippen LogP contribution in [0.4, 0.5) is 5.69 Å². The second-order valence-electron chi connectivity index (χ2n) is 4.31. The lowest BCUT2D eigenvalue weighted by molar-refractivity contribution is 0.597. The molecule has 1 aromatic heterocycles. The molecule has 0 aliphatic rings. The van der Waals surface area contributed by atoms with E-state index in [4.69, 9.17) is 0 Å². The summed E-state index contributed by atoms with van der Waals surface area (Å²) < 4.78 is 23.4. The van der Waals surface area contributed by atoms with E-state index in [-0.39, 0.29) is 5.75 Å². The van der Waals surface area contributed by atoms with Gasteiger partial charge in [0.1, 0.15) is 0 Å². The molecular weight excluding hydrogens is 278 g/mol. The summed E-state index contributed by atoms with van der Waals surface area (Å²) in [6.45, 7) is 4.51. The van der Waals surface area contributed by atoms with E-state index in [0.717, 1.165) is 12.2 Å². The Morgan fingerprint density at radius 3 is 2.37 bits per heavy atom. The van der Waals surface area contributed by atoms with Gasteiger partial charge in [0, 0.05) is 17.1 Å². The molecule has 0 saturated heterocycles. The van der Waals surface area contributed by atoms with E-state index in [1.807, 2.05) is 12.1 Å². The van der Waals surface area contributed by atoms with E-state index in [1.165, 1.54) is 10.4 Å². The third kappa shape index (κ3) is 3.36. The first-order valence-corrected chi connectivity index (χ1v) is 8.66. The summed E-state index contributed by atoms with van der Waals surface area (Å²) >= 11 is 1.72. The van der Waals surface area contributed by atoms with Crippen LogP contribution < -0.4 is 5.32 Å². The van der Waals surface area contributed by atoms with Crippen molar-refractivity contribution in [3.8, 4) is 0 Å². The average Bonchev–Trinajstić information content (AvgIpc) is 2.82. The van der Waals surface area contributed by atoms with Gasteiger partial charge in [-0.2, -0.15) is 0 Å². The topological polar surface area (TPSA) is 46.2 Å². The predicted octanol–water partition coefficient (Wildman–Crippen LogP) is 3.46. The standard InChI is InChI=1S/C14H17NO2S2/c1-3-19(16,17)13-6-4-12(5-7-13)15-10-14-11(2)8-9-18-14/h4-9,15H,3,10H2,1-2H3. The molecule has 3 nitrogen and oxygen atoms in total. The summed E-state index contributed by atoms with van der Waals surface area (Å²) in [5, 5.41) is 5.37. The monoisotopic (exact) mass is 295 g/mol. The van der Waals surface area contributed by atoms with Crippen molar-refractivity contribution < 1.29 is 8.42 Å². The Morgan fingerprint density at radius 1 is 1.16 bits per heavy atom. The van der Waals surface area contributed by atoms with Crippen LogP contribution in [0.1, 0.15) is 17.4 Å². The highest BCUT2D eigenvalue weighted by atomic mass is 32.2. The minimum atomic E-state index is -3.11. The molecule has 0 amide bonds. The molecule has 1 aromatic carbocycles. The lowest BCUT2D eigenvalue weighted by Crippen LogP contribution is -2.04. The van der Waals surface area contributed by atoms with E-state index >= 15 is 0 Å². The number of hydrogen-bond acceptors (Lipinski definition) is 4. The molecular formula is C14H17NO2S2. The van der Waals surface area contributed by atoms with E-state index in [2.05, 4.69) is 23.7 Å². The summed E-state index contributed by atoms with van der Waals surface area (Å²) in [6, 6.07) is 9.03. The maximum atomic E-state index is 11.7.